The average molecular weight is 431 g/mol. The van der Waals surface area contributed by atoms with Crippen molar-refractivity contribution >= 4 is 28.8 Å². The Morgan fingerprint density at radius 1 is 1.17 bits per heavy atom. The highest BCUT2D eigenvalue weighted by Crippen LogP contribution is 2.29. The zero-order valence-electron chi connectivity index (χ0n) is 16.3. The normalized spacial score (nSPS) is 15.0. The second-order valence-corrected chi connectivity index (χ2v) is 8.91. The highest BCUT2D eigenvalue weighted by molar-refractivity contribution is 7.17. The van der Waals surface area contributed by atoms with E-state index in [1.165, 1.54) is 11.3 Å². The molecule has 1 amide bonds. The minimum Gasteiger partial charge on any atom is -0.338 e. The van der Waals surface area contributed by atoms with Crippen LogP contribution in [0.5, 0.6) is 0 Å². The van der Waals surface area contributed by atoms with Crippen LogP contribution in [-0.2, 0) is 13.1 Å². The highest BCUT2D eigenvalue weighted by atomic mass is 35.5. The fourth-order valence-electron chi connectivity index (χ4n) is 3.84. The molecular formula is C21H23ClN4O2S. The van der Waals surface area contributed by atoms with Crippen LogP contribution in [0.3, 0.4) is 0 Å². The van der Waals surface area contributed by atoms with Crippen molar-refractivity contribution in [3.63, 3.8) is 0 Å². The van der Waals surface area contributed by atoms with Crippen LogP contribution in [0.15, 0.2) is 47.3 Å². The summed E-state index contributed by atoms with van der Waals surface area (Å²) < 4.78 is 3.95. The number of piperidine rings is 1. The lowest BCUT2D eigenvalue weighted by molar-refractivity contribution is 0.0715. The van der Waals surface area contributed by atoms with E-state index in [9.17, 15) is 9.59 Å². The van der Waals surface area contributed by atoms with E-state index in [2.05, 4.69) is 5.10 Å². The molecule has 0 radical (unpaired) electrons. The number of carbonyl (C=O) groups excluding carboxylic acids is 1. The van der Waals surface area contributed by atoms with E-state index in [1.807, 2.05) is 42.2 Å². The van der Waals surface area contributed by atoms with Crippen LogP contribution in [0, 0.1) is 0 Å². The Hall–Kier alpha value is -2.38. The first-order valence-electron chi connectivity index (χ1n) is 9.83. The predicted octanol–water partition coefficient (Wildman–Crippen LogP) is 3.85. The quantitative estimate of drug-likeness (QED) is 0.617. The van der Waals surface area contributed by atoms with E-state index in [-0.39, 0.29) is 17.5 Å². The molecule has 3 aromatic rings. The molecule has 0 aliphatic carbocycles. The van der Waals surface area contributed by atoms with Gasteiger partial charge in [-0.1, -0.05) is 41.9 Å². The SMILES string of the molecule is CCn1c(C2CCN(C(=O)c3ccc(Cl)s3)CC2)nn(Cc2ccccc2)c1=O. The Kier molecular flexibility index (Phi) is 5.87. The van der Waals surface area contributed by atoms with Gasteiger partial charge in [0.15, 0.2) is 0 Å². The molecular weight excluding hydrogens is 408 g/mol. The van der Waals surface area contributed by atoms with Gasteiger partial charge in [0.25, 0.3) is 5.91 Å². The molecule has 2 aromatic heterocycles. The molecule has 1 aliphatic rings. The summed E-state index contributed by atoms with van der Waals surface area (Å²) in [6.07, 6.45) is 1.60. The fraction of sp³-hybridized carbons (Fsp3) is 0.381. The van der Waals surface area contributed by atoms with Crippen molar-refractivity contribution in [1.82, 2.24) is 19.2 Å². The molecule has 0 atom stereocenters. The number of hydrogen-bond acceptors (Lipinski definition) is 4. The molecule has 29 heavy (non-hydrogen) atoms. The number of aromatic nitrogens is 3. The summed E-state index contributed by atoms with van der Waals surface area (Å²) in [5, 5.41) is 4.68. The molecule has 0 N–H and O–H groups in total. The third kappa shape index (κ3) is 4.16. The molecule has 4 rings (SSSR count). The van der Waals surface area contributed by atoms with E-state index in [1.54, 1.807) is 21.4 Å². The number of likely N-dealkylation sites (tertiary alicyclic amines) is 1. The van der Waals surface area contributed by atoms with Gasteiger partial charge in [0, 0.05) is 25.6 Å². The smallest absolute Gasteiger partial charge is 0.338 e. The fourth-order valence-corrected chi connectivity index (χ4v) is 4.85. The van der Waals surface area contributed by atoms with Crippen LogP contribution in [0.2, 0.25) is 4.34 Å². The third-order valence-corrected chi connectivity index (χ3v) is 6.59. The van der Waals surface area contributed by atoms with Crippen molar-refractivity contribution in [2.75, 3.05) is 13.1 Å². The molecule has 0 spiro atoms. The second-order valence-electron chi connectivity index (χ2n) is 7.20. The zero-order valence-corrected chi connectivity index (χ0v) is 17.8. The monoisotopic (exact) mass is 430 g/mol. The van der Waals surface area contributed by atoms with Crippen LogP contribution in [0.1, 0.15) is 46.7 Å². The van der Waals surface area contributed by atoms with E-state index < -0.39 is 0 Å². The standard InChI is InChI=1S/C21H23ClN4O2S/c1-2-25-19(23-26(21(25)28)14-15-6-4-3-5-7-15)16-10-12-24(13-11-16)20(27)17-8-9-18(22)29-17/h3-9,16H,2,10-14H2,1H3. The summed E-state index contributed by atoms with van der Waals surface area (Å²) in [5.74, 6) is 1.04. The highest BCUT2D eigenvalue weighted by Gasteiger charge is 2.29. The number of hydrogen-bond donors (Lipinski definition) is 0. The number of carbonyl (C=O) groups is 1. The van der Waals surface area contributed by atoms with Crippen molar-refractivity contribution in [2.24, 2.45) is 0 Å². The van der Waals surface area contributed by atoms with Crippen LogP contribution in [0.4, 0.5) is 0 Å². The maximum absolute atomic E-state index is 12.8. The predicted molar refractivity (Wildman–Crippen MR) is 115 cm³/mol. The number of thiophene rings is 1. The van der Waals surface area contributed by atoms with Crippen LogP contribution in [0.25, 0.3) is 0 Å². The van der Waals surface area contributed by atoms with E-state index in [0.717, 1.165) is 24.2 Å². The van der Waals surface area contributed by atoms with Crippen molar-refractivity contribution in [3.05, 3.63) is 73.6 Å². The van der Waals surface area contributed by atoms with E-state index in [4.69, 9.17) is 11.6 Å². The second kappa shape index (κ2) is 8.55. The third-order valence-electron chi connectivity index (χ3n) is 5.37. The Bertz CT molecular complexity index is 1050. The molecule has 3 heterocycles. The van der Waals surface area contributed by atoms with Gasteiger partial charge >= 0.3 is 5.69 Å². The van der Waals surface area contributed by atoms with Gasteiger partial charge in [0.05, 0.1) is 15.8 Å². The lowest BCUT2D eigenvalue weighted by atomic mass is 9.95. The molecule has 1 aliphatic heterocycles. The van der Waals surface area contributed by atoms with E-state index in [0.29, 0.717) is 35.4 Å². The summed E-state index contributed by atoms with van der Waals surface area (Å²) >= 11 is 7.27. The summed E-state index contributed by atoms with van der Waals surface area (Å²) in [6.45, 7) is 4.34. The molecule has 1 aromatic carbocycles. The summed E-state index contributed by atoms with van der Waals surface area (Å²) in [7, 11) is 0. The van der Waals surface area contributed by atoms with Crippen LogP contribution in [-0.4, -0.2) is 38.2 Å². The lowest BCUT2D eigenvalue weighted by Crippen LogP contribution is -2.38. The zero-order chi connectivity index (χ0) is 20.4. The Labute approximate surface area is 178 Å². The Morgan fingerprint density at radius 2 is 1.90 bits per heavy atom. The van der Waals surface area contributed by atoms with Gasteiger partial charge in [-0.3, -0.25) is 9.36 Å². The summed E-state index contributed by atoms with van der Waals surface area (Å²) in [5.41, 5.74) is 0.981. The molecule has 6 nitrogen and oxygen atoms in total. The number of halogens is 1. The van der Waals surface area contributed by atoms with Crippen LogP contribution >= 0.6 is 22.9 Å². The summed E-state index contributed by atoms with van der Waals surface area (Å²) in [4.78, 5) is 28.0. The number of nitrogens with zero attached hydrogens (tertiary/aromatic N) is 4. The molecule has 1 fully saturated rings. The van der Waals surface area contributed by atoms with Gasteiger partial charge in [-0.2, -0.15) is 5.10 Å². The van der Waals surface area contributed by atoms with E-state index >= 15 is 0 Å². The molecule has 8 heteroatoms. The largest absolute Gasteiger partial charge is 0.346 e. The van der Waals surface area contributed by atoms with Gasteiger partial charge in [-0.05, 0) is 37.5 Å². The molecule has 0 unspecified atom stereocenters. The first-order chi connectivity index (χ1) is 14.1. The number of rotatable bonds is 5. The van der Waals surface area contributed by atoms with Crippen LogP contribution < -0.4 is 5.69 Å². The average Bonchev–Trinajstić information content (AvgIpc) is 3.32. The number of benzene rings is 1. The van der Waals surface area contributed by atoms with Gasteiger partial charge < -0.3 is 4.90 Å². The number of amides is 1. The molecule has 1 saturated heterocycles. The van der Waals surface area contributed by atoms with Gasteiger partial charge in [0.2, 0.25) is 0 Å². The molecule has 152 valence electrons. The minimum atomic E-state index is -0.0712. The van der Waals surface area contributed by atoms with Crippen molar-refractivity contribution in [2.45, 2.75) is 38.8 Å². The first kappa shape index (κ1) is 19.9. The summed E-state index contributed by atoms with van der Waals surface area (Å²) in [6, 6.07) is 13.4. The van der Waals surface area contributed by atoms with Gasteiger partial charge in [-0.15, -0.1) is 11.3 Å². The van der Waals surface area contributed by atoms with Gasteiger partial charge in [0.1, 0.15) is 5.82 Å². The maximum atomic E-state index is 12.8. The lowest BCUT2D eigenvalue weighted by Gasteiger charge is -2.31. The van der Waals surface area contributed by atoms with Crippen molar-refractivity contribution < 1.29 is 4.79 Å². The molecule has 0 saturated carbocycles. The minimum absolute atomic E-state index is 0.0304. The van der Waals surface area contributed by atoms with Gasteiger partial charge in [-0.25, -0.2) is 9.48 Å². The first-order valence-corrected chi connectivity index (χ1v) is 11.0. The Morgan fingerprint density at radius 3 is 2.52 bits per heavy atom. The Balaban J connectivity index is 1.48. The van der Waals surface area contributed by atoms with Crippen molar-refractivity contribution in [1.29, 1.82) is 0 Å². The van der Waals surface area contributed by atoms with Crippen molar-refractivity contribution in [3.8, 4) is 0 Å². The maximum Gasteiger partial charge on any atom is 0.346 e. The topological polar surface area (TPSA) is 60.1 Å². The molecule has 0 bridgehead atoms.